The highest BCUT2D eigenvalue weighted by atomic mass is 19.4. The first-order valence-electron chi connectivity index (χ1n) is 8.68. The number of ether oxygens (including phenoxy) is 1. The van der Waals surface area contributed by atoms with E-state index in [1.807, 2.05) is 0 Å². The van der Waals surface area contributed by atoms with E-state index in [1.54, 1.807) is 4.90 Å². The second-order valence-corrected chi connectivity index (χ2v) is 6.66. The molecule has 1 aliphatic heterocycles. The molecule has 2 aromatic rings. The van der Waals surface area contributed by atoms with Crippen LogP contribution in [0.1, 0.15) is 33.8 Å². The number of pyridine rings is 1. The molecule has 0 radical (unpaired) electrons. The van der Waals surface area contributed by atoms with E-state index in [2.05, 4.69) is 9.72 Å². The molecule has 156 valence electrons. The van der Waals surface area contributed by atoms with Gasteiger partial charge in [-0.3, -0.25) is 0 Å². The Labute approximate surface area is 162 Å². The molecule has 10 heteroatoms. The molecule has 29 heavy (non-hydrogen) atoms. The molecule has 1 aromatic carbocycles. The fourth-order valence-electron chi connectivity index (χ4n) is 3.41. The SMILES string of the molecule is O=C(O)c1ccc(N2CC(c3ccc(C(F)(F)F)cc3)C[C@@H]2COC(F)F)nc1. The summed E-state index contributed by atoms with van der Waals surface area (Å²) >= 11 is 0. The zero-order valence-corrected chi connectivity index (χ0v) is 14.9. The molecule has 1 N–H and O–H groups in total. The smallest absolute Gasteiger partial charge is 0.416 e. The molecular formula is C19H17F5N2O3. The number of carboxylic acids is 1. The number of benzene rings is 1. The lowest BCUT2D eigenvalue weighted by molar-refractivity contribution is -0.137. The van der Waals surface area contributed by atoms with Crippen LogP contribution in [0, 0.1) is 0 Å². The number of alkyl halides is 5. The Bertz CT molecular complexity index is 840. The topological polar surface area (TPSA) is 62.7 Å². The summed E-state index contributed by atoms with van der Waals surface area (Å²) < 4.78 is 67.7. The van der Waals surface area contributed by atoms with Gasteiger partial charge in [-0.2, -0.15) is 22.0 Å². The Hall–Kier alpha value is -2.75. The second kappa shape index (κ2) is 8.32. The maximum Gasteiger partial charge on any atom is 0.416 e. The quantitative estimate of drug-likeness (QED) is 0.708. The van der Waals surface area contributed by atoms with Crippen LogP contribution in [0.15, 0.2) is 42.6 Å². The standard InChI is InChI=1S/C19H17F5N2O3/c20-18(21)29-10-15-7-13(11-1-4-14(5-2-11)19(22,23)24)9-26(15)16-6-3-12(8-25-16)17(27)28/h1-6,8,13,15,18H,7,9-10H2,(H,27,28)/t13?,15-/m1/s1. The Kier molecular flexibility index (Phi) is 6.02. The first kappa shape index (κ1) is 21.0. The van der Waals surface area contributed by atoms with Gasteiger partial charge < -0.3 is 14.7 Å². The van der Waals surface area contributed by atoms with E-state index in [0.717, 1.165) is 18.3 Å². The van der Waals surface area contributed by atoms with E-state index >= 15 is 0 Å². The van der Waals surface area contributed by atoms with E-state index < -0.39 is 30.4 Å². The zero-order valence-electron chi connectivity index (χ0n) is 14.9. The summed E-state index contributed by atoms with van der Waals surface area (Å²) in [5.41, 5.74) is -0.142. The molecule has 1 saturated heterocycles. The van der Waals surface area contributed by atoms with Crippen LogP contribution in [-0.2, 0) is 10.9 Å². The number of carboxylic acid groups (broad SMARTS) is 1. The molecule has 1 unspecified atom stereocenters. The van der Waals surface area contributed by atoms with Gasteiger partial charge in [-0.15, -0.1) is 0 Å². The highest BCUT2D eigenvalue weighted by molar-refractivity contribution is 5.87. The Morgan fingerprint density at radius 3 is 2.41 bits per heavy atom. The summed E-state index contributed by atoms with van der Waals surface area (Å²) in [5, 5.41) is 8.97. The number of anilines is 1. The van der Waals surface area contributed by atoms with E-state index in [0.29, 0.717) is 24.3 Å². The van der Waals surface area contributed by atoms with Crippen LogP contribution in [0.4, 0.5) is 27.8 Å². The van der Waals surface area contributed by atoms with Gasteiger partial charge in [-0.1, -0.05) is 12.1 Å². The highest BCUT2D eigenvalue weighted by Gasteiger charge is 2.35. The second-order valence-electron chi connectivity index (χ2n) is 6.66. The Morgan fingerprint density at radius 2 is 1.90 bits per heavy atom. The van der Waals surface area contributed by atoms with Crippen molar-refractivity contribution in [2.75, 3.05) is 18.1 Å². The fourth-order valence-corrected chi connectivity index (χ4v) is 3.41. The summed E-state index contributed by atoms with van der Waals surface area (Å²) in [4.78, 5) is 16.8. The van der Waals surface area contributed by atoms with Crippen LogP contribution >= 0.6 is 0 Å². The first-order valence-corrected chi connectivity index (χ1v) is 8.68. The van der Waals surface area contributed by atoms with Gasteiger partial charge in [-0.05, 0) is 36.2 Å². The molecular weight excluding hydrogens is 399 g/mol. The van der Waals surface area contributed by atoms with Crippen LogP contribution in [-0.4, -0.2) is 41.9 Å². The highest BCUT2D eigenvalue weighted by Crippen LogP contribution is 2.36. The van der Waals surface area contributed by atoms with Crippen molar-refractivity contribution < 1.29 is 36.6 Å². The van der Waals surface area contributed by atoms with Crippen molar-refractivity contribution in [3.05, 3.63) is 59.3 Å². The monoisotopic (exact) mass is 416 g/mol. The molecule has 0 bridgehead atoms. The minimum atomic E-state index is -4.44. The van der Waals surface area contributed by atoms with Crippen LogP contribution in [0.3, 0.4) is 0 Å². The Balaban J connectivity index is 1.81. The number of hydrogen-bond acceptors (Lipinski definition) is 4. The minimum Gasteiger partial charge on any atom is -0.478 e. The Morgan fingerprint density at radius 1 is 1.21 bits per heavy atom. The molecule has 1 aromatic heterocycles. The maximum absolute atomic E-state index is 12.8. The van der Waals surface area contributed by atoms with E-state index in [-0.39, 0.29) is 18.1 Å². The number of aromatic nitrogens is 1. The summed E-state index contributed by atoms with van der Waals surface area (Å²) in [6.45, 7) is -2.93. The van der Waals surface area contributed by atoms with Crippen molar-refractivity contribution in [2.45, 2.75) is 31.2 Å². The number of halogens is 5. The van der Waals surface area contributed by atoms with Crippen molar-refractivity contribution >= 4 is 11.8 Å². The molecule has 5 nitrogen and oxygen atoms in total. The lowest BCUT2D eigenvalue weighted by atomic mass is 9.95. The molecule has 1 aliphatic rings. The van der Waals surface area contributed by atoms with Crippen LogP contribution < -0.4 is 4.90 Å². The third-order valence-corrected chi connectivity index (χ3v) is 4.83. The largest absolute Gasteiger partial charge is 0.478 e. The van der Waals surface area contributed by atoms with Gasteiger partial charge in [0.05, 0.1) is 23.8 Å². The summed E-state index contributed by atoms with van der Waals surface area (Å²) in [7, 11) is 0. The number of hydrogen-bond donors (Lipinski definition) is 1. The molecule has 3 rings (SSSR count). The van der Waals surface area contributed by atoms with Crippen molar-refractivity contribution in [3.8, 4) is 0 Å². The molecule has 1 fully saturated rings. The number of aromatic carboxylic acids is 1. The predicted molar refractivity (Wildman–Crippen MR) is 93.1 cm³/mol. The number of rotatable bonds is 6. The third-order valence-electron chi connectivity index (χ3n) is 4.83. The summed E-state index contributed by atoms with van der Waals surface area (Å²) in [5.74, 6) is -0.984. The van der Waals surface area contributed by atoms with Gasteiger partial charge >= 0.3 is 18.8 Å². The number of carbonyl (C=O) groups is 1. The van der Waals surface area contributed by atoms with E-state index in [9.17, 15) is 26.7 Å². The average molecular weight is 416 g/mol. The normalized spacial score (nSPS) is 19.7. The molecule has 2 atom stereocenters. The van der Waals surface area contributed by atoms with Gasteiger partial charge in [0.2, 0.25) is 0 Å². The average Bonchev–Trinajstić information content (AvgIpc) is 3.10. The summed E-state index contributed by atoms with van der Waals surface area (Å²) in [6.07, 6.45) is -2.90. The van der Waals surface area contributed by atoms with Gasteiger partial charge in [0.25, 0.3) is 0 Å². The van der Waals surface area contributed by atoms with Crippen molar-refractivity contribution in [1.29, 1.82) is 0 Å². The van der Waals surface area contributed by atoms with Crippen molar-refractivity contribution in [1.82, 2.24) is 4.98 Å². The molecule has 0 amide bonds. The van der Waals surface area contributed by atoms with Gasteiger partial charge in [0.1, 0.15) is 5.82 Å². The van der Waals surface area contributed by atoms with Crippen LogP contribution in [0.5, 0.6) is 0 Å². The lowest BCUT2D eigenvalue weighted by Crippen LogP contribution is -2.34. The predicted octanol–water partition coefficient (Wildman–Crippen LogP) is 4.40. The van der Waals surface area contributed by atoms with E-state index in [4.69, 9.17) is 5.11 Å². The minimum absolute atomic E-state index is 0.0207. The third kappa shape index (κ3) is 5.00. The van der Waals surface area contributed by atoms with Gasteiger partial charge in [0.15, 0.2) is 0 Å². The first-order chi connectivity index (χ1) is 13.6. The van der Waals surface area contributed by atoms with Crippen LogP contribution in [0.25, 0.3) is 0 Å². The van der Waals surface area contributed by atoms with Crippen molar-refractivity contribution in [3.63, 3.8) is 0 Å². The fraction of sp³-hybridized carbons (Fsp3) is 0.368. The lowest BCUT2D eigenvalue weighted by Gasteiger charge is -2.25. The zero-order chi connectivity index (χ0) is 21.2. The van der Waals surface area contributed by atoms with Gasteiger partial charge in [0, 0.05) is 18.7 Å². The summed E-state index contributed by atoms with van der Waals surface area (Å²) in [6, 6.07) is 7.06. The van der Waals surface area contributed by atoms with Gasteiger partial charge in [-0.25, -0.2) is 9.78 Å². The van der Waals surface area contributed by atoms with Crippen molar-refractivity contribution in [2.24, 2.45) is 0 Å². The van der Waals surface area contributed by atoms with Crippen LogP contribution in [0.2, 0.25) is 0 Å². The number of nitrogens with zero attached hydrogens (tertiary/aromatic N) is 2. The molecule has 0 spiro atoms. The maximum atomic E-state index is 12.8. The molecule has 0 saturated carbocycles. The molecule has 2 heterocycles. The molecule has 0 aliphatic carbocycles. The van der Waals surface area contributed by atoms with E-state index in [1.165, 1.54) is 24.3 Å².